The third kappa shape index (κ3) is 3.84. The minimum absolute atomic E-state index is 0.205. The molecule has 1 rings (SSSR count). The van der Waals surface area contributed by atoms with Gasteiger partial charge in [-0.15, -0.1) is 11.3 Å². The third-order valence-electron chi connectivity index (χ3n) is 1.54. The number of nitrogens with zero attached hydrogens (tertiary/aromatic N) is 1. The van der Waals surface area contributed by atoms with Crippen molar-refractivity contribution in [3.63, 3.8) is 0 Å². The van der Waals surface area contributed by atoms with E-state index in [9.17, 15) is 18.0 Å². The maximum atomic E-state index is 11.9. The van der Waals surface area contributed by atoms with Gasteiger partial charge in [0.25, 0.3) is 0 Å². The Hall–Kier alpha value is -1.15. The summed E-state index contributed by atoms with van der Waals surface area (Å²) in [5.41, 5.74) is 6.58. The predicted molar refractivity (Wildman–Crippen MR) is 48.1 cm³/mol. The number of alkyl halides is 3. The van der Waals surface area contributed by atoms with Crippen LogP contribution in [-0.4, -0.2) is 23.6 Å². The molecule has 1 aromatic heterocycles. The van der Waals surface area contributed by atoms with E-state index in [0.29, 0.717) is 0 Å². The summed E-state index contributed by atoms with van der Waals surface area (Å²) in [6, 6.07) is -1.20. The summed E-state index contributed by atoms with van der Waals surface area (Å²) >= 11 is 1.18. The lowest BCUT2D eigenvalue weighted by Gasteiger charge is -2.14. The summed E-state index contributed by atoms with van der Waals surface area (Å²) in [7, 11) is 0. The number of thiazole rings is 1. The quantitative estimate of drug-likeness (QED) is 0.817. The largest absolute Gasteiger partial charge is 0.401 e. The lowest BCUT2D eigenvalue weighted by atomic mass is 10.2. The smallest absolute Gasteiger partial charge is 0.368 e. The molecule has 0 aliphatic rings. The fraction of sp³-hybridized carbons (Fsp3) is 0.429. The lowest BCUT2D eigenvalue weighted by Crippen LogP contribution is -2.39. The van der Waals surface area contributed by atoms with Crippen LogP contribution in [0.2, 0.25) is 0 Å². The maximum Gasteiger partial charge on any atom is 0.401 e. The number of hydrogen-bond donors (Lipinski definition) is 2. The summed E-state index contributed by atoms with van der Waals surface area (Å²) in [6.45, 7) is -1.28. The molecule has 4 nitrogen and oxygen atoms in total. The van der Waals surface area contributed by atoms with Crippen LogP contribution in [0.3, 0.4) is 0 Å². The van der Waals surface area contributed by atoms with Crippen molar-refractivity contribution in [3.8, 4) is 0 Å². The van der Waals surface area contributed by atoms with Gasteiger partial charge < -0.3 is 5.73 Å². The molecule has 3 N–H and O–H groups in total. The van der Waals surface area contributed by atoms with Crippen LogP contribution in [0.5, 0.6) is 0 Å². The number of rotatable bonds is 4. The van der Waals surface area contributed by atoms with Crippen molar-refractivity contribution in [1.82, 2.24) is 10.3 Å². The number of primary amides is 1. The molecule has 1 atom stereocenters. The van der Waals surface area contributed by atoms with Gasteiger partial charge in [0.15, 0.2) is 0 Å². The van der Waals surface area contributed by atoms with Crippen molar-refractivity contribution >= 4 is 17.2 Å². The van der Waals surface area contributed by atoms with E-state index in [-0.39, 0.29) is 5.69 Å². The first-order chi connectivity index (χ1) is 6.90. The van der Waals surface area contributed by atoms with E-state index < -0.39 is 24.7 Å². The van der Waals surface area contributed by atoms with Gasteiger partial charge in [0, 0.05) is 5.38 Å². The van der Waals surface area contributed by atoms with Gasteiger partial charge in [-0.3, -0.25) is 10.1 Å². The van der Waals surface area contributed by atoms with Crippen LogP contribution in [0.4, 0.5) is 13.2 Å². The van der Waals surface area contributed by atoms with Crippen LogP contribution in [-0.2, 0) is 4.79 Å². The molecule has 8 heteroatoms. The van der Waals surface area contributed by atoms with Gasteiger partial charge in [-0.05, 0) is 0 Å². The number of carbonyl (C=O) groups excluding carboxylic acids is 1. The average molecular weight is 239 g/mol. The molecule has 0 aliphatic carbocycles. The first-order valence-electron chi connectivity index (χ1n) is 3.87. The van der Waals surface area contributed by atoms with Gasteiger partial charge in [0.05, 0.1) is 17.7 Å². The highest BCUT2D eigenvalue weighted by molar-refractivity contribution is 7.07. The predicted octanol–water partition coefficient (Wildman–Crippen LogP) is 0.821. The molecule has 0 fully saturated rings. The van der Waals surface area contributed by atoms with E-state index in [4.69, 9.17) is 5.73 Å². The Morgan fingerprint density at radius 3 is 2.73 bits per heavy atom. The summed E-state index contributed by atoms with van der Waals surface area (Å²) in [6.07, 6.45) is -4.39. The topological polar surface area (TPSA) is 68.0 Å². The fourth-order valence-corrected chi connectivity index (χ4v) is 1.51. The van der Waals surface area contributed by atoms with Gasteiger partial charge in [-0.1, -0.05) is 0 Å². The highest BCUT2D eigenvalue weighted by Crippen LogP contribution is 2.17. The number of nitrogens with two attached hydrogens (primary N) is 1. The van der Waals surface area contributed by atoms with E-state index >= 15 is 0 Å². The standard InChI is InChI=1S/C7H8F3N3OS/c8-7(9,10)2-12-5(6(11)14)4-1-15-3-13-4/h1,3,5,12H,2H2,(H2,11,14). The minimum Gasteiger partial charge on any atom is -0.368 e. The van der Waals surface area contributed by atoms with Crippen molar-refractivity contribution in [3.05, 3.63) is 16.6 Å². The Labute approximate surface area is 87.3 Å². The first-order valence-corrected chi connectivity index (χ1v) is 4.82. The van der Waals surface area contributed by atoms with E-state index in [2.05, 4.69) is 4.98 Å². The Kier molecular flexibility index (Phi) is 3.64. The number of carbonyl (C=O) groups is 1. The minimum atomic E-state index is -4.39. The molecule has 15 heavy (non-hydrogen) atoms. The van der Waals surface area contributed by atoms with E-state index in [1.165, 1.54) is 22.2 Å². The van der Waals surface area contributed by atoms with Gasteiger partial charge in [0.1, 0.15) is 6.04 Å². The first kappa shape index (κ1) is 11.9. The number of hydrogen-bond acceptors (Lipinski definition) is 4. The molecule has 0 saturated heterocycles. The number of aromatic nitrogens is 1. The molecule has 1 unspecified atom stereocenters. The van der Waals surface area contributed by atoms with Gasteiger partial charge in [-0.2, -0.15) is 13.2 Å². The van der Waals surface area contributed by atoms with Crippen LogP contribution < -0.4 is 11.1 Å². The Bertz CT molecular complexity index is 325. The number of nitrogens with one attached hydrogen (secondary N) is 1. The zero-order chi connectivity index (χ0) is 11.5. The summed E-state index contributed by atoms with van der Waals surface area (Å²) in [5, 5.41) is 3.48. The SMILES string of the molecule is NC(=O)C(NCC(F)(F)F)c1cscn1. The molecule has 1 amide bonds. The molecule has 0 spiro atoms. The van der Waals surface area contributed by atoms with Crippen LogP contribution in [0.15, 0.2) is 10.9 Å². The van der Waals surface area contributed by atoms with Crippen LogP contribution >= 0.6 is 11.3 Å². The highest BCUT2D eigenvalue weighted by atomic mass is 32.1. The molecule has 0 saturated carbocycles. The molecule has 1 aromatic rings. The molecule has 0 aromatic carbocycles. The van der Waals surface area contributed by atoms with Crippen molar-refractivity contribution in [2.75, 3.05) is 6.54 Å². The summed E-state index contributed by atoms with van der Waals surface area (Å²) in [4.78, 5) is 14.6. The van der Waals surface area contributed by atoms with E-state index in [0.717, 1.165) is 0 Å². The zero-order valence-electron chi connectivity index (χ0n) is 7.41. The normalized spacial score (nSPS) is 13.8. The molecule has 0 aliphatic heterocycles. The third-order valence-corrected chi connectivity index (χ3v) is 2.14. The Morgan fingerprint density at radius 1 is 1.67 bits per heavy atom. The molecule has 84 valence electrons. The number of amides is 1. The maximum absolute atomic E-state index is 11.9. The van der Waals surface area contributed by atoms with Gasteiger partial charge >= 0.3 is 6.18 Å². The van der Waals surface area contributed by atoms with Crippen molar-refractivity contribution < 1.29 is 18.0 Å². The van der Waals surface area contributed by atoms with Crippen LogP contribution in [0.25, 0.3) is 0 Å². The average Bonchev–Trinajstić information content (AvgIpc) is 2.54. The fourth-order valence-electron chi connectivity index (χ4n) is 0.933. The van der Waals surface area contributed by atoms with Crippen molar-refractivity contribution in [2.24, 2.45) is 5.73 Å². The molecular formula is C7H8F3N3OS. The second-order valence-corrected chi connectivity index (χ2v) is 3.46. The van der Waals surface area contributed by atoms with Crippen molar-refractivity contribution in [1.29, 1.82) is 0 Å². The Balaban J connectivity index is 2.65. The lowest BCUT2D eigenvalue weighted by molar-refractivity contribution is -0.131. The molecular weight excluding hydrogens is 231 g/mol. The zero-order valence-corrected chi connectivity index (χ0v) is 8.23. The Morgan fingerprint density at radius 2 is 2.33 bits per heavy atom. The van der Waals surface area contributed by atoms with Gasteiger partial charge in [0.2, 0.25) is 5.91 Å². The number of halogens is 3. The molecule has 0 radical (unpaired) electrons. The monoisotopic (exact) mass is 239 g/mol. The van der Waals surface area contributed by atoms with E-state index in [1.807, 2.05) is 5.32 Å². The second kappa shape index (κ2) is 4.58. The highest BCUT2D eigenvalue weighted by Gasteiger charge is 2.30. The molecule has 0 bridgehead atoms. The second-order valence-electron chi connectivity index (χ2n) is 2.74. The van der Waals surface area contributed by atoms with Gasteiger partial charge in [-0.25, -0.2) is 4.98 Å². The summed E-state index contributed by atoms with van der Waals surface area (Å²) in [5.74, 6) is -0.884. The van der Waals surface area contributed by atoms with Crippen molar-refractivity contribution in [2.45, 2.75) is 12.2 Å². The molecule has 1 heterocycles. The van der Waals surface area contributed by atoms with Crippen LogP contribution in [0.1, 0.15) is 11.7 Å². The summed E-state index contributed by atoms with van der Waals surface area (Å²) < 4.78 is 35.7. The van der Waals surface area contributed by atoms with Crippen LogP contribution in [0, 0.1) is 0 Å². The van der Waals surface area contributed by atoms with E-state index in [1.54, 1.807) is 0 Å².